The molecular weight excluding hydrogens is 314 g/mol. The van der Waals surface area contributed by atoms with Crippen LogP contribution in [0.3, 0.4) is 0 Å². The van der Waals surface area contributed by atoms with Crippen molar-refractivity contribution >= 4 is 5.91 Å². The van der Waals surface area contributed by atoms with E-state index in [-0.39, 0.29) is 29.3 Å². The van der Waals surface area contributed by atoms with Crippen LogP contribution in [0.4, 0.5) is 0 Å². The van der Waals surface area contributed by atoms with Crippen molar-refractivity contribution in [2.24, 2.45) is 11.8 Å². The second kappa shape index (κ2) is 6.21. The van der Waals surface area contributed by atoms with Gasteiger partial charge in [-0.15, -0.1) is 0 Å². The number of carbonyl (C=O) groups excluding carboxylic acids is 1. The number of fused-ring (bicyclic) bond motifs is 4. The van der Waals surface area contributed by atoms with Crippen LogP contribution in [0.1, 0.15) is 37.9 Å². The molecule has 0 unspecified atom stereocenters. The summed E-state index contributed by atoms with van der Waals surface area (Å²) in [6, 6.07) is 9.29. The monoisotopic (exact) mass is 339 g/mol. The Bertz CT molecular complexity index is 822. The van der Waals surface area contributed by atoms with E-state index in [4.69, 9.17) is 0 Å². The van der Waals surface area contributed by atoms with Crippen molar-refractivity contribution < 1.29 is 4.79 Å². The fourth-order valence-electron chi connectivity index (χ4n) is 4.55. The number of nitrogens with zero attached hydrogens (tertiary/aromatic N) is 3. The molecule has 5 nitrogen and oxygen atoms in total. The van der Waals surface area contributed by atoms with E-state index in [0.717, 1.165) is 25.2 Å². The average Bonchev–Trinajstić information content (AvgIpc) is 3.09. The molecule has 3 atom stereocenters. The zero-order chi connectivity index (χ0) is 17.6. The third-order valence-electron chi connectivity index (χ3n) is 5.62. The number of amides is 1. The van der Waals surface area contributed by atoms with E-state index in [1.54, 1.807) is 6.07 Å². The lowest BCUT2D eigenvalue weighted by atomic mass is 9.82. The third-order valence-corrected chi connectivity index (χ3v) is 5.62. The molecule has 2 aliphatic heterocycles. The van der Waals surface area contributed by atoms with Gasteiger partial charge in [-0.25, -0.2) is 0 Å². The molecule has 2 aromatic heterocycles. The van der Waals surface area contributed by atoms with Crippen LogP contribution >= 0.6 is 0 Å². The Labute approximate surface area is 147 Å². The molecule has 0 spiro atoms. The first-order valence-electron chi connectivity index (χ1n) is 9.15. The maximum Gasteiger partial charge on any atom is 0.250 e. The van der Waals surface area contributed by atoms with Crippen molar-refractivity contribution in [1.82, 2.24) is 14.0 Å². The van der Waals surface area contributed by atoms with Gasteiger partial charge in [-0.1, -0.05) is 19.9 Å². The number of hydrogen-bond donors (Lipinski definition) is 0. The standard InChI is InChI=1S/C20H25N3O2/c1-14(2)19(21-8-3-4-9-21)20(25)22-11-15-10-16(13-22)17-6-5-7-18(24)23(17)12-15/h3-9,14-16,19H,10-13H2,1-2H3/t15-,16+,19-/m1/s1. The van der Waals surface area contributed by atoms with Gasteiger partial charge in [0.2, 0.25) is 5.91 Å². The van der Waals surface area contributed by atoms with Crippen molar-refractivity contribution in [2.45, 2.75) is 38.8 Å². The Balaban J connectivity index is 1.61. The Morgan fingerprint density at radius 1 is 1.08 bits per heavy atom. The van der Waals surface area contributed by atoms with Gasteiger partial charge in [-0.05, 0) is 36.5 Å². The molecule has 2 bridgehead atoms. The SMILES string of the molecule is CC(C)[C@H](C(=O)N1C[C@H]2C[C@@H](C1)c1cccc(=O)n1C2)n1cccc1. The van der Waals surface area contributed by atoms with E-state index >= 15 is 0 Å². The fourth-order valence-corrected chi connectivity index (χ4v) is 4.55. The average molecular weight is 339 g/mol. The van der Waals surface area contributed by atoms with Gasteiger partial charge in [-0.2, -0.15) is 0 Å². The summed E-state index contributed by atoms with van der Waals surface area (Å²) >= 11 is 0. The number of hydrogen-bond acceptors (Lipinski definition) is 2. The van der Waals surface area contributed by atoms with Crippen molar-refractivity contribution in [2.75, 3.05) is 13.1 Å². The summed E-state index contributed by atoms with van der Waals surface area (Å²) in [6.45, 7) is 6.39. The number of pyridine rings is 1. The van der Waals surface area contributed by atoms with Crippen LogP contribution in [0.5, 0.6) is 0 Å². The Morgan fingerprint density at radius 3 is 2.56 bits per heavy atom. The summed E-state index contributed by atoms with van der Waals surface area (Å²) in [7, 11) is 0. The Hall–Kier alpha value is -2.30. The molecule has 0 N–H and O–H groups in total. The van der Waals surface area contributed by atoms with Gasteiger partial charge in [-0.3, -0.25) is 9.59 Å². The number of rotatable bonds is 3. The van der Waals surface area contributed by atoms with Crippen LogP contribution in [0.25, 0.3) is 0 Å². The van der Waals surface area contributed by atoms with Gasteiger partial charge >= 0.3 is 0 Å². The predicted octanol–water partition coefficient (Wildman–Crippen LogP) is 2.49. The Kier molecular flexibility index (Phi) is 4.02. The van der Waals surface area contributed by atoms with Gasteiger partial charge in [0.15, 0.2) is 0 Å². The second-order valence-corrected chi connectivity index (χ2v) is 7.76. The minimum Gasteiger partial charge on any atom is -0.342 e. The molecule has 132 valence electrons. The minimum absolute atomic E-state index is 0.0828. The van der Waals surface area contributed by atoms with Gasteiger partial charge < -0.3 is 14.0 Å². The largest absolute Gasteiger partial charge is 0.342 e. The van der Waals surface area contributed by atoms with Crippen LogP contribution in [0.15, 0.2) is 47.5 Å². The quantitative estimate of drug-likeness (QED) is 0.862. The lowest BCUT2D eigenvalue weighted by Crippen LogP contribution is -2.51. The van der Waals surface area contributed by atoms with Crippen molar-refractivity contribution in [3.05, 3.63) is 58.8 Å². The van der Waals surface area contributed by atoms with E-state index in [1.807, 2.05) is 50.7 Å². The molecule has 1 fully saturated rings. The van der Waals surface area contributed by atoms with Gasteiger partial charge in [0.1, 0.15) is 6.04 Å². The summed E-state index contributed by atoms with van der Waals surface area (Å²) in [5.41, 5.74) is 1.17. The summed E-state index contributed by atoms with van der Waals surface area (Å²) < 4.78 is 3.93. The fraction of sp³-hybridized carbons (Fsp3) is 0.500. The number of carbonyl (C=O) groups is 1. The van der Waals surface area contributed by atoms with Crippen LogP contribution < -0.4 is 5.56 Å². The molecular formula is C20H25N3O2. The Morgan fingerprint density at radius 2 is 1.84 bits per heavy atom. The minimum atomic E-state index is -0.160. The maximum atomic E-state index is 13.3. The second-order valence-electron chi connectivity index (χ2n) is 7.76. The van der Waals surface area contributed by atoms with E-state index < -0.39 is 0 Å². The van der Waals surface area contributed by atoms with E-state index in [2.05, 4.69) is 13.8 Å². The summed E-state index contributed by atoms with van der Waals surface area (Å²) in [5, 5.41) is 0. The third kappa shape index (κ3) is 2.81. The highest BCUT2D eigenvalue weighted by Gasteiger charge is 2.38. The molecule has 1 saturated heterocycles. The number of piperidine rings is 1. The summed E-state index contributed by atoms with van der Waals surface area (Å²) in [4.78, 5) is 27.5. The number of likely N-dealkylation sites (tertiary alicyclic amines) is 1. The van der Waals surface area contributed by atoms with E-state index in [0.29, 0.717) is 12.5 Å². The molecule has 5 heteroatoms. The van der Waals surface area contributed by atoms with Crippen LogP contribution in [0, 0.1) is 11.8 Å². The molecule has 0 saturated carbocycles. The number of aromatic nitrogens is 2. The lowest BCUT2D eigenvalue weighted by Gasteiger charge is -2.44. The highest BCUT2D eigenvalue weighted by molar-refractivity contribution is 5.81. The molecule has 25 heavy (non-hydrogen) atoms. The first kappa shape index (κ1) is 16.2. The molecule has 0 aliphatic carbocycles. The highest BCUT2D eigenvalue weighted by atomic mass is 16.2. The van der Waals surface area contributed by atoms with Crippen molar-refractivity contribution in [3.63, 3.8) is 0 Å². The van der Waals surface area contributed by atoms with Gasteiger partial charge in [0.25, 0.3) is 5.56 Å². The van der Waals surface area contributed by atoms with E-state index in [9.17, 15) is 9.59 Å². The molecule has 0 radical (unpaired) electrons. The van der Waals surface area contributed by atoms with Crippen molar-refractivity contribution in [3.8, 4) is 0 Å². The van der Waals surface area contributed by atoms with Gasteiger partial charge in [0.05, 0.1) is 0 Å². The predicted molar refractivity (Wildman–Crippen MR) is 96.4 cm³/mol. The molecule has 2 aliphatic rings. The molecule has 4 heterocycles. The highest BCUT2D eigenvalue weighted by Crippen LogP contribution is 2.36. The summed E-state index contributed by atoms with van der Waals surface area (Å²) in [6.07, 6.45) is 5.02. The topological polar surface area (TPSA) is 47.2 Å². The lowest BCUT2D eigenvalue weighted by molar-refractivity contribution is -0.139. The van der Waals surface area contributed by atoms with Crippen molar-refractivity contribution in [1.29, 1.82) is 0 Å². The molecule has 0 aromatic carbocycles. The summed E-state index contributed by atoms with van der Waals surface area (Å²) in [5.74, 6) is 1.07. The maximum absolute atomic E-state index is 13.3. The normalized spacial score (nSPS) is 23.4. The smallest absolute Gasteiger partial charge is 0.250 e. The molecule has 4 rings (SSSR count). The van der Waals surface area contributed by atoms with Gasteiger partial charge in [0, 0.05) is 49.7 Å². The molecule has 1 amide bonds. The van der Waals surface area contributed by atoms with Crippen LogP contribution in [-0.4, -0.2) is 33.0 Å². The van der Waals surface area contributed by atoms with Crippen LogP contribution in [0.2, 0.25) is 0 Å². The zero-order valence-electron chi connectivity index (χ0n) is 14.8. The first-order valence-corrected chi connectivity index (χ1v) is 9.15. The van der Waals surface area contributed by atoms with E-state index in [1.165, 1.54) is 0 Å². The first-order chi connectivity index (χ1) is 12.0. The molecule has 2 aromatic rings. The zero-order valence-corrected chi connectivity index (χ0v) is 14.8. The van der Waals surface area contributed by atoms with Crippen LogP contribution in [-0.2, 0) is 11.3 Å².